The maximum Gasteiger partial charge on any atom is 0.0694 e. The van der Waals surface area contributed by atoms with Crippen LogP contribution in [0.3, 0.4) is 0 Å². The van der Waals surface area contributed by atoms with E-state index in [9.17, 15) is 0 Å². The van der Waals surface area contributed by atoms with Crippen molar-refractivity contribution in [2.24, 2.45) is 0 Å². The van der Waals surface area contributed by atoms with Crippen LogP contribution in [0.5, 0.6) is 0 Å². The summed E-state index contributed by atoms with van der Waals surface area (Å²) in [5.74, 6) is 1.53. The Morgan fingerprint density at radius 2 is 2.12 bits per heavy atom. The summed E-state index contributed by atoms with van der Waals surface area (Å²) in [5, 5.41) is 7.60. The molecule has 0 amide bonds. The molecule has 1 aromatic heterocycles. The molecule has 0 atom stereocenters. The first-order valence-electron chi connectivity index (χ1n) is 5.94. The molecule has 90 valence electrons. The monoisotopic (exact) mass is 242 g/mol. The molecule has 3 nitrogen and oxygen atoms in total. The number of hydrogen-bond donors (Lipinski definition) is 1. The Labute approximate surface area is 102 Å². The lowest BCUT2D eigenvalue weighted by molar-refractivity contribution is 0.0843. The Kier molecular flexibility index (Phi) is 3.87. The average Bonchev–Trinajstić information content (AvgIpc) is 2.73. The van der Waals surface area contributed by atoms with Crippen LogP contribution in [0.4, 0.5) is 0 Å². The highest BCUT2D eigenvalue weighted by Crippen LogP contribution is 2.32. The standard InChI is InChI=1S/C12H19ClN2O/c1-8(2)11-10(7-13)12(15-14-11)9-3-5-16-6-4-9/h8-9H,3-7H2,1-2H3,(H,14,15). The van der Waals surface area contributed by atoms with Crippen molar-refractivity contribution in [2.45, 2.75) is 44.4 Å². The van der Waals surface area contributed by atoms with Crippen LogP contribution in [0.1, 0.15) is 55.5 Å². The Morgan fingerprint density at radius 3 is 2.69 bits per heavy atom. The van der Waals surface area contributed by atoms with Crippen molar-refractivity contribution < 1.29 is 4.74 Å². The molecule has 0 saturated carbocycles. The Bertz CT molecular complexity index is 343. The van der Waals surface area contributed by atoms with Gasteiger partial charge >= 0.3 is 0 Å². The number of rotatable bonds is 3. The molecule has 1 saturated heterocycles. The number of aromatic nitrogens is 2. The van der Waals surface area contributed by atoms with E-state index in [0.717, 1.165) is 31.7 Å². The average molecular weight is 243 g/mol. The normalized spacial score (nSPS) is 18.2. The number of H-pyrrole nitrogens is 1. The third-order valence-electron chi connectivity index (χ3n) is 3.24. The van der Waals surface area contributed by atoms with Crippen molar-refractivity contribution in [3.63, 3.8) is 0 Å². The predicted octanol–water partition coefficient (Wildman–Crippen LogP) is 3.17. The summed E-state index contributed by atoms with van der Waals surface area (Å²) in [6, 6.07) is 0. The van der Waals surface area contributed by atoms with Gasteiger partial charge in [-0.3, -0.25) is 5.10 Å². The van der Waals surface area contributed by atoms with Crippen molar-refractivity contribution in [1.29, 1.82) is 0 Å². The summed E-state index contributed by atoms with van der Waals surface area (Å²) in [7, 11) is 0. The quantitative estimate of drug-likeness (QED) is 0.827. The van der Waals surface area contributed by atoms with Gasteiger partial charge in [-0.2, -0.15) is 5.10 Å². The van der Waals surface area contributed by atoms with Crippen LogP contribution in [0.2, 0.25) is 0 Å². The first-order valence-corrected chi connectivity index (χ1v) is 6.48. The van der Waals surface area contributed by atoms with E-state index in [2.05, 4.69) is 24.0 Å². The molecule has 16 heavy (non-hydrogen) atoms. The largest absolute Gasteiger partial charge is 0.381 e. The van der Waals surface area contributed by atoms with E-state index in [4.69, 9.17) is 16.3 Å². The van der Waals surface area contributed by atoms with E-state index < -0.39 is 0 Å². The fourth-order valence-electron chi connectivity index (χ4n) is 2.34. The van der Waals surface area contributed by atoms with Crippen molar-refractivity contribution in [3.05, 3.63) is 17.0 Å². The number of ether oxygens (including phenoxy) is 1. The molecule has 0 radical (unpaired) electrons. The van der Waals surface area contributed by atoms with E-state index in [1.807, 2.05) is 0 Å². The second kappa shape index (κ2) is 5.19. The third-order valence-corrected chi connectivity index (χ3v) is 3.51. The maximum absolute atomic E-state index is 6.05. The van der Waals surface area contributed by atoms with Crippen LogP contribution < -0.4 is 0 Å². The summed E-state index contributed by atoms with van der Waals surface area (Å²) >= 11 is 6.05. The summed E-state index contributed by atoms with van der Waals surface area (Å²) in [6.07, 6.45) is 2.15. The number of nitrogens with zero attached hydrogens (tertiary/aromatic N) is 1. The molecule has 1 aliphatic rings. The highest BCUT2D eigenvalue weighted by molar-refractivity contribution is 6.17. The van der Waals surface area contributed by atoms with Gasteiger partial charge in [0.1, 0.15) is 0 Å². The van der Waals surface area contributed by atoms with Gasteiger partial charge in [0.2, 0.25) is 0 Å². The minimum Gasteiger partial charge on any atom is -0.381 e. The Hall–Kier alpha value is -0.540. The smallest absolute Gasteiger partial charge is 0.0694 e. The van der Waals surface area contributed by atoms with Crippen LogP contribution in [0, 0.1) is 0 Å². The molecular weight excluding hydrogens is 224 g/mol. The summed E-state index contributed by atoms with van der Waals surface area (Å²) in [6.45, 7) is 6.00. The molecule has 2 rings (SSSR count). The third kappa shape index (κ3) is 2.25. The van der Waals surface area contributed by atoms with Gasteiger partial charge in [0.25, 0.3) is 0 Å². The van der Waals surface area contributed by atoms with Gasteiger partial charge < -0.3 is 4.74 Å². The molecule has 1 aliphatic heterocycles. The highest BCUT2D eigenvalue weighted by atomic mass is 35.5. The molecule has 1 fully saturated rings. The summed E-state index contributed by atoms with van der Waals surface area (Å²) in [5.41, 5.74) is 3.57. The first-order chi connectivity index (χ1) is 7.74. The zero-order valence-electron chi connectivity index (χ0n) is 9.92. The second-order valence-electron chi connectivity index (χ2n) is 4.68. The number of nitrogens with one attached hydrogen (secondary N) is 1. The van der Waals surface area contributed by atoms with Crippen molar-refractivity contribution in [1.82, 2.24) is 10.2 Å². The van der Waals surface area contributed by atoms with Crippen LogP contribution in [-0.2, 0) is 10.6 Å². The molecule has 0 bridgehead atoms. The first kappa shape index (κ1) is 11.9. The molecule has 0 aromatic carbocycles. The van der Waals surface area contributed by atoms with Crippen molar-refractivity contribution in [2.75, 3.05) is 13.2 Å². The van der Waals surface area contributed by atoms with Gasteiger partial charge in [-0.05, 0) is 18.8 Å². The highest BCUT2D eigenvalue weighted by Gasteiger charge is 2.23. The maximum atomic E-state index is 6.05. The SMILES string of the molecule is CC(C)c1n[nH]c(C2CCOCC2)c1CCl. The lowest BCUT2D eigenvalue weighted by atomic mass is 9.92. The number of alkyl halides is 1. The fourth-order valence-corrected chi connectivity index (χ4v) is 2.62. The lowest BCUT2D eigenvalue weighted by Crippen LogP contribution is -2.15. The summed E-state index contributed by atoms with van der Waals surface area (Å²) in [4.78, 5) is 0. The number of hydrogen-bond acceptors (Lipinski definition) is 2. The molecule has 2 heterocycles. The van der Waals surface area contributed by atoms with Crippen LogP contribution in [0.25, 0.3) is 0 Å². The Balaban J connectivity index is 2.25. The summed E-state index contributed by atoms with van der Waals surface area (Å²) < 4.78 is 5.38. The van der Waals surface area contributed by atoms with E-state index in [1.165, 1.54) is 11.3 Å². The van der Waals surface area contributed by atoms with E-state index >= 15 is 0 Å². The lowest BCUT2D eigenvalue weighted by Gasteiger charge is -2.21. The van der Waals surface area contributed by atoms with E-state index in [1.54, 1.807) is 0 Å². The molecule has 4 heteroatoms. The van der Waals surface area contributed by atoms with E-state index in [-0.39, 0.29) is 0 Å². The minimum absolute atomic E-state index is 0.429. The van der Waals surface area contributed by atoms with Gasteiger partial charge in [0.05, 0.1) is 11.6 Å². The zero-order valence-corrected chi connectivity index (χ0v) is 10.7. The molecule has 0 spiro atoms. The minimum atomic E-state index is 0.429. The number of aromatic amines is 1. The van der Waals surface area contributed by atoms with Gasteiger partial charge in [0.15, 0.2) is 0 Å². The molecule has 0 aliphatic carbocycles. The molecule has 1 N–H and O–H groups in total. The van der Waals surface area contributed by atoms with E-state index in [0.29, 0.717) is 17.7 Å². The van der Waals surface area contributed by atoms with Gasteiger partial charge in [0, 0.05) is 30.4 Å². The van der Waals surface area contributed by atoms with Crippen LogP contribution in [-0.4, -0.2) is 23.4 Å². The topological polar surface area (TPSA) is 37.9 Å². The van der Waals surface area contributed by atoms with Gasteiger partial charge in [-0.25, -0.2) is 0 Å². The van der Waals surface area contributed by atoms with Crippen LogP contribution >= 0.6 is 11.6 Å². The number of halogens is 1. The fraction of sp³-hybridized carbons (Fsp3) is 0.750. The molecule has 0 unspecified atom stereocenters. The van der Waals surface area contributed by atoms with Crippen molar-refractivity contribution in [3.8, 4) is 0 Å². The Morgan fingerprint density at radius 1 is 1.44 bits per heavy atom. The molecular formula is C12H19ClN2O. The van der Waals surface area contributed by atoms with Gasteiger partial charge in [-0.1, -0.05) is 13.8 Å². The van der Waals surface area contributed by atoms with Crippen molar-refractivity contribution >= 4 is 11.6 Å². The second-order valence-corrected chi connectivity index (χ2v) is 4.94. The van der Waals surface area contributed by atoms with Gasteiger partial charge in [-0.15, -0.1) is 11.6 Å². The zero-order chi connectivity index (χ0) is 11.5. The van der Waals surface area contributed by atoms with Crippen LogP contribution in [0.15, 0.2) is 0 Å². The predicted molar refractivity (Wildman–Crippen MR) is 65.0 cm³/mol. The molecule has 1 aromatic rings.